The number of aromatic nitrogens is 1. The molecule has 1 aliphatic carbocycles. The largest absolute Gasteiger partial charge is 0.370 e. The van der Waals surface area contributed by atoms with Crippen LogP contribution in [-0.4, -0.2) is 53.7 Å². The van der Waals surface area contributed by atoms with Crippen LogP contribution in [0.5, 0.6) is 0 Å². The van der Waals surface area contributed by atoms with E-state index in [1.54, 1.807) is 0 Å². The van der Waals surface area contributed by atoms with E-state index in [-0.39, 0.29) is 17.6 Å². The van der Waals surface area contributed by atoms with Crippen LogP contribution >= 0.6 is 11.3 Å². The van der Waals surface area contributed by atoms with Gasteiger partial charge in [0.2, 0.25) is 0 Å². The summed E-state index contributed by atoms with van der Waals surface area (Å²) < 4.78 is 6.46. The fraction of sp³-hybridized carbons (Fsp3) is 0.810. The van der Waals surface area contributed by atoms with Crippen molar-refractivity contribution in [3.63, 3.8) is 0 Å². The number of hydrogen-bond donors (Lipinski definition) is 1. The molecule has 4 rings (SSSR count). The Morgan fingerprint density at radius 2 is 2.04 bits per heavy atom. The Balaban J connectivity index is 1.19. The van der Waals surface area contributed by atoms with Gasteiger partial charge in [0, 0.05) is 31.6 Å². The van der Waals surface area contributed by atoms with Crippen LogP contribution in [-0.2, 0) is 4.74 Å². The molecule has 2 saturated heterocycles. The number of rotatable bonds is 5. The molecule has 6 heteroatoms. The number of thiazole rings is 1. The molecule has 2 aliphatic heterocycles. The van der Waals surface area contributed by atoms with E-state index < -0.39 is 0 Å². The van der Waals surface area contributed by atoms with Crippen LogP contribution in [0.4, 0.5) is 0 Å². The first kappa shape index (κ1) is 19.3. The Morgan fingerprint density at radius 1 is 1.26 bits per heavy atom. The van der Waals surface area contributed by atoms with E-state index in [9.17, 15) is 4.79 Å². The number of likely N-dealkylation sites (tertiary alicyclic amines) is 1. The monoisotopic (exact) mass is 391 g/mol. The Morgan fingerprint density at radius 3 is 2.74 bits per heavy atom. The van der Waals surface area contributed by atoms with Gasteiger partial charge in [-0.15, -0.1) is 11.3 Å². The first-order valence-corrected chi connectivity index (χ1v) is 11.6. The summed E-state index contributed by atoms with van der Waals surface area (Å²) in [7, 11) is 0. The Kier molecular flexibility index (Phi) is 6.15. The number of hydrogen-bond acceptors (Lipinski definition) is 5. The lowest BCUT2D eigenvalue weighted by atomic mass is 9.86. The fourth-order valence-corrected chi connectivity index (χ4v) is 5.64. The number of carbonyl (C=O) groups is 1. The van der Waals surface area contributed by atoms with Crippen molar-refractivity contribution in [2.75, 3.05) is 26.2 Å². The van der Waals surface area contributed by atoms with Gasteiger partial charge in [-0.1, -0.05) is 19.3 Å². The smallest absolute Gasteiger partial charge is 0.270 e. The molecule has 1 amide bonds. The summed E-state index contributed by atoms with van der Waals surface area (Å²) in [6.07, 6.45) is 11.8. The molecule has 5 nitrogen and oxygen atoms in total. The molecule has 1 atom stereocenters. The third-order valence-electron chi connectivity index (χ3n) is 6.69. The molecule has 3 fully saturated rings. The Hall–Kier alpha value is -0.980. The molecule has 1 unspecified atom stereocenters. The number of nitrogens with zero attached hydrogens (tertiary/aromatic N) is 2. The molecule has 27 heavy (non-hydrogen) atoms. The zero-order valence-corrected chi connectivity index (χ0v) is 17.4. The first-order valence-electron chi connectivity index (χ1n) is 10.7. The quantitative estimate of drug-likeness (QED) is 0.830. The van der Waals surface area contributed by atoms with E-state index in [0.29, 0.717) is 12.2 Å². The first-order chi connectivity index (χ1) is 13.1. The lowest BCUT2D eigenvalue weighted by Gasteiger charge is -2.40. The third kappa shape index (κ3) is 4.90. The van der Waals surface area contributed by atoms with Gasteiger partial charge in [-0.05, 0) is 51.4 Å². The minimum absolute atomic E-state index is 0.0652. The summed E-state index contributed by atoms with van der Waals surface area (Å²) in [5, 5.41) is 5.76. The molecule has 1 N–H and O–H groups in total. The molecule has 1 aromatic rings. The van der Waals surface area contributed by atoms with Gasteiger partial charge in [0.25, 0.3) is 5.91 Å². The highest BCUT2D eigenvalue weighted by molar-refractivity contribution is 7.09. The number of carbonyl (C=O) groups excluding carboxylic acids is 1. The van der Waals surface area contributed by atoms with E-state index >= 15 is 0 Å². The summed E-state index contributed by atoms with van der Waals surface area (Å²) in [6.45, 7) is 6.17. The van der Waals surface area contributed by atoms with Crippen LogP contribution in [0.1, 0.15) is 73.3 Å². The Labute approximate surface area is 166 Å². The maximum absolute atomic E-state index is 12.2. The lowest BCUT2D eigenvalue weighted by molar-refractivity contribution is -0.0772. The maximum atomic E-state index is 12.2. The van der Waals surface area contributed by atoms with Crippen molar-refractivity contribution in [3.8, 4) is 0 Å². The molecule has 150 valence electrons. The van der Waals surface area contributed by atoms with Crippen molar-refractivity contribution in [1.82, 2.24) is 15.2 Å². The van der Waals surface area contributed by atoms with Crippen LogP contribution in [0.3, 0.4) is 0 Å². The Bertz CT molecular complexity index is 633. The third-order valence-corrected chi connectivity index (χ3v) is 7.46. The molecule has 1 spiro atoms. The molecular formula is C21H33N3O2S. The minimum atomic E-state index is -0.0776. The van der Waals surface area contributed by atoms with Gasteiger partial charge in [-0.25, -0.2) is 4.98 Å². The molecule has 0 bridgehead atoms. The van der Waals surface area contributed by atoms with Crippen LogP contribution in [0, 0.1) is 12.8 Å². The zero-order chi connectivity index (χ0) is 18.7. The zero-order valence-electron chi connectivity index (χ0n) is 16.5. The van der Waals surface area contributed by atoms with Crippen LogP contribution in [0.15, 0.2) is 5.38 Å². The number of aryl methyl sites for hydroxylation is 1. The van der Waals surface area contributed by atoms with Gasteiger partial charge in [-0.2, -0.15) is 0 Å². The number of amides is 1. The molecule has 0 radical (unpaired) electrons. The summed E-state index contributed by atoms with van der Waals surface area (Å²) >= 11 is 1.51. The van der Waals surface area contributed by atoms with Crippen molar-refractivity contribution in [2.45, 2.75) is 76.4 Å². The van der Waals surface area contributed by atoms with Crippen LogP contribution in [0.2, 0.25) is 0 Å². The standard InChI is InChI=1S/C21H33N3O2S/c1-16-23-19(15-27-16)20(25)22-13-18-7-8-21(26-18)9-11-24(12-10-21)14-17-5-3-2-4-6-17/h15,17-18H,2-14H2,1H3,(H,22,25). The molecule has 1 aromatic heterocycles. The van der Waals surface area contributed by atoms with E-state index in [2.05, 4.69) is 15.2 Å². The van der Waals surface area contributed by atoms with Crippen molar-refractivity contribution >= 4 is 17.2 Å². The highest BCUT2D eigenvalue weighted by Gasteiger charge is 2.42. The van der Waals surface area contributed by atoms with Crippen molar-refractivity contribution in [1.29, 1.82) is 0 Å². The van der Waals surface area contributed by atoms with Gasteiger partial charge < -0.3 is 15.0 Å². The van der Waals surface area contributed by atoms with Crippen molar-refractivity contribution in [2.24, 2.45) is 5.92 Å². The molecule has 0 aromatic carbocycles. The van der Waals surface area contributed by atoms with E-state index in [1.165, 1.54) is 63.1 Å². The summed E-state index contributed by atoms with van der Waals surface area (Å²) in [4.78, 5) is 19.1. The molecule has 3 aliphatic rings. The van der Waals surface area contributed by atoms with Gasteiger partial charge in [0.15, 0.2) is 0 Å². The maximum Gasteiger partial charge on any atom is 0.270 e. The highest BCUT2D eigenvalue weighted by Crippen LogP contribution is 2.39. The van der Waals surface area contributed by atoms with Gasteiger partial charge in [0.1, 0.15) is 5.69 Å². The number of ether oxygens (including phenoxy) is 1. The van der Waals surface area contributed by atoms with E-state index in [1.807, 2.05) is 12.3 Å². The molecular weight excluding hydrogens is 358 g/mol. The summed E-state index contributed by atoms with van der Waals surface area (Å²) in [5.41, 5.74) is 0.594. The van der Waals surface area contributed by atoms with Gasteiger partial charge in [0.05, 0.1) is 16.7 Å². The lowest BCUT2D eigenvalue weighted by Crippen LogP contribution is -2.46. The second-order valence-electron chi connectivity index (χ2n) is 8.73. The number of nitrogens with one attached hydrogen (secondary N) is 1. The van der Waals surface area contributed by atoms with E-state index in [4.69, 9.17) is 4.74 Å². The second-order valence-corrected chi connectivity index (χ2v) is 9.79. The SMILES string of the molecule is Cc1nc(C(=O)NCC2CCC3(CCN(CC4CCCCC4)CC3)O2)cs1. The summed E-state index contributed by atoms with van der Waals surface area (Å²) in [5.74, 6) is 0.848. The minimum Gasteiger partial charge on any atom is -0.370 e. The van der Waals surface area contributed by atoms with Gasteiger partial charge in [-0.3, -0.25) is 4.79 Å². The second kappa shape index (κ2) is 8.58. The number of piperidine rings is 1. The predicted molar refractivity (Wildman–Crippen MR) is 108 cm³/mol. The van der Waals surface area contributed by atoms with Gasteiger partial charge >= 0.3 is 0 Å². The highest BCUT2D eigenvalue weighted by atomic mass is 32.1. The predicted octanol–water partition coefficient (Wildman–Crippen LogP) is 3.78. The topological polar surface area (TPSA) is 54.5 Å². The normalized spacial score (nSPS) is 26.5. The van der Waals surface area contributed by atoms with E-state index in [0.717, 1.165) is 36.6 Å². The molecule has 3 heterocycles. The van der Waals surface area contributed by atoms with Crippen molar-refractivity contribution in [3.05, 3.63) is 16.1 Å². The molecule has 1 saturated carbocycles. The van der Waals surface area contributed by atoms with Crippen molar-refractivity contribution < 1.29 is 9.53 Å². The average molecular weight is 392 g/mol. The fourth-order valence-electron chi connectivity index (χ4n) is 5.05. The van der Waals surface area contributed by atoms with Crippen LogP contribution < -0.4 is 5.32 Å². The average Bonchev–Trinajstić information content (AvgIpc) is 3.30. The summed E-state index contributed by atoms with van der Waals surface area (Å²) in [6, 6.07) is 0. The van der Waals surface area contributed by atoms with Crippen LogP contribution in [0.25, 0.3) is 0 Å².